The van der Waals surface area contributed by atoms with Crippen molar-refractivity contribution >= 4 is 17.2 Å². The van der Waals surface area contributed by atoms with Crippen molar-refractivity contribution in [2.24, 2.45) is 34.5 Å². The molecule has 0 spiro atoms. The summed E-state index contributed by atoms with van der Waals surface area (Å²) >= 11 is 5.48. The van der Waals surface area contributed by atoms with Gasteiger partial charge in [-0.1, -0.05) is 38.2 Å². The highest BCUT2D eigenvalue weighted by atomic mass is 32.1. The fraction of sp³-hybridized carbons (Fsp3) is 0.842. The van der Waals surface area contributed by atoms with Crippen LogP contribution in [-0.2, 0) is 0 Å². The Morgan fingerprint density at radius 3 is 2.86 bits per heavy atom. The number of hydrogen-bond donors (Lipinski definition) is 1. The molecule has 0 bridgehead atoms. The van der Waals surface area contributed by atoms with Crippen molar-refractivity contribution in [1.82, 2.24) is 5.32 Å². The van der Waals surface area contributed by atoms with Gasteiger partial charge in [0.05, 0.1) is 4.99 Å². The molecule has 0 radical (unpaired) electrons. The minimum Gasteiger partial charge on any atom is -0.379 e. The molecule has 0 aromatic carbocycles. The highest BCUT2D eigenvalue weighted by molar-refractivity contribution is 7.80. The first-order valence-corrected chi connectivity index (χ1v) is 9.38. The van der Waals surface area contributed by atoms with E-state index in [1.807, 2.05) is 0 Å². The Labute approximate surface area is 135 Å². The van der Waals surface area contributed by atoms with Crippen LogP contribution in [-0.4, -0.2) is 11.5 Å². The molecule has 4 rings (SSSR count). The van der Waals surface area contributed by atoms with Crippen LogP contribution >= 0.6 is 12.2 Å². The van der Waals surface area contributed by atoms with Gasteiger partial charge in [0.25, 0.3) is 0 Å². The van der Waals surface area contributed by atoms with Crippen LogP contribution in [0.2, 0.25) is 0 Å². The molecular formula is C19H29NS. The minimum absolute atomic E-state index is 0.517. The molecule has 1 aliphatic heterocycles. The molecule has 1 saturated heterocycles. The molecule has 2 saturated carbocycles. The molecule has 6 unspecified atom stereocenters. The van der Waals surface area contributed by atoms with Crippen molar-refractivity contribution in [2.45, 2.75) is 58.8 Å². The van der Waals surface area contributed by atoms with Crippen LogP contribution in [0.3, 0.4) is 0 Å². The molecule has 21 heavy (non-hydrogen) atoms. The highest BCUT2D eigenvalue weighted by Gasteiger charge is 2.56. The Bertz CT molecular complexity index is 484. The summed E-state index contributed by atoms with van der Waals surface area (Å²) in [5, 5.41) is 3.54. The number of rotatable bonds is 0. The Morgan fingerprint density at radius 1 is 1.14 bits per heavy atom. The van der Waals surface area contributed by atoms with E-state index in [1.165, 1.54) is 38.5 Å². The summed E-state index contributed by atoms with van der Waals surface area (Å²) in [6.45, 7) is 6.27. The summed E-state index contributed by atoms with van der Waals surface area (Å²) in [6.07, 6.45) is 14.5. The number of fused-ring (bicyclic) bond motifs is 5. The highest BCUT2D eigenvalue weighted by Crippen LogP contribution is 2.63. The van der Waals surface area contributed by atoms with Gasteiger partial charge in [-0.25, -0.2) is 0 Å². The average molecular weight is 304 g/mol. The maximum Gasteiger partial charge on any atom is 0.0753 e. The van der Waals surface area contributed by atoms with Gasteiger partial charge < -0.3 is 5.32 Å². The van der Waals surface area contributed by atoms with Crippen molar-refractivity contribution in [1.29, 1.82) is 0 Å². The van der Waals surface area contributed by atoms with E-state index in [1.54, 1.807) is 0 Å². The van der Waals surface area contributed by atoms with Crippen LogP contribution in [0.25, 0.3) is 0 Å². The normalized spacial score (nSPS) is 52.4. The maximum atomic E-state index is 5.48. The summed E-state index contributed by atoms with van der Waals surface area (Å²) in [7, 11) is 0. The van der Waals surface area contributed by atoms with Gasteiger partial charge in [-0.15, -0.1) is 0 Å². The molecule has 3 fully saturated rings. The SMILES string of the molecule is CC12C=CCC1C1CCC3CNC(=S)CCC3(C)C1CC2. The third kappa shape index (κ3) is 2.04. The summed E-state index contributed by atoms with van der Waals surface area (Å²) in [5.41, 5.74) is 1.04. The van der Waals surface area contributed by atoms with Crippen molar-refractivity contribution in [2.75, 3.05) is 6.54 Å². The molecule has 1 nitrogen and oxygen atoms in total. The molecule has 0 amide bonds. The Morgan fingerprint density at radius 2 is 2.00 bits per heavy atom. The largest absolute Gasteiger partial charge is 0.379 e. The third-order valence-electron chi connectivity index (χ3n) is 7.83. The zero-order chi connectivity index (χ0) is 14.7. The number of hydrogen-bond acceptors (Lipinski definition) is 1. The monoisotopic (exact) mass is 303 g/mol. The van der Waals surface area contributed by atoms with Crippen LogP contribution in [0, 0.1) is 34.5 Å². The lowest BCUT2D eigenvalue weighted by Gasteiger charge is -2.58. The first kappa shape index (κ1) is 14.2. The van der Waals surface area contributed by atoms with E-state index in [2.05, 4.69) is 31.3 Å². The van der Waals surface area contributed by atoms with Crippen molar-refractivity contribution in [3.8, 4) is 0 Å². The van der Waals surface area contributed by atoms with E-state index in [-0.39, 0.29) is 0 Å². The fourth-order valence-electron chi connectivity index (χ4n) is 6.45. The lowest BCUT2D eigenvalue weighted by atomic mass is 9.47. The molecule has 0 aromatic rings. The van der Waals surface area contributed by atoms with Gasteiger partial charge in [-0.3, -0.25) is 0 Å². The quantitative estimate of drug-likeness (QED) is 0.513. The van der Waals surface area contributed by atoms with Gasteiger partial charge in [0.15, 0.2) is 0 Å². The zero-order valence-corrected chi connectivity index (χ0v) is 14.3. The van der Waals surface area contributed by atoms with E-state index in [0.717, 1.165) is 41.6 Å². The van der Waals surface area contributed by atoms with Crippen LogP contribution in [0.5, 0.6) is 0 Å². The molecule has 3 aliphatic carbocycles. The van der Waals surface area contributed by atoms with Crippen LogP contribution in [0.4, 0.5) is 0 Å². The lowest BCUT2D eigenvalue weighted by molar-refractivity contribution is -0.0793. The van der Waals surface area contributed by atoms with Crippen LogP contribution in [0.1, 0.15) is 58.8 Å². The van der Waals surface area contributed by atoms with E-state index in [4.69, 9.17) is 12.2 Å². The predicted octanol–water partition coefficient (Wildman–Crippen LogP) is 4.72. The van der Waals surface area contributed by atoms with E-state index in [0.29, 0.717) is 10.8 Å². The third-order valence-corrected chi connectivity index (χ3v) is 8.18. The Hall–Kier alpha value is -0.370. The topological polar surface area (TPSA) is 12.0 Å². The average Bonchev–Trinajstić information content (AvgIpc) is 2.79. The second-order valence-electron chi connectivity index (χ2n) is 8.64. The number of thiocarbonyl (C=S) groups is 1. The van der Waals surface area contributed by atoms with E-state index in [9.17, 15) is 0 Å². The molecule has 0 aromatic heterocycles. The maximum absolute atomic E-state index is 5.48. The molecule has 4 aliphatic rings. The first-order chi connectivity index (χ1) is 10.0. The number of nitrogens with one attached hydrogen (secondary N) is 1. The van der Waals surface area contributed by atoms with Gasteiger partial charge in [-0.2, -0.15) is 0 Å². The van der Waals surface area contributed by atoms with Gasteiger partial charge in [-0.05, 0) is 79.4 Å². The van der Waals surface area contributed by atoms with Gasteiger partial charge >= 0.3 is 0 Å². The molecule has 2 heteroatoms. The zero-order valence-electron chi connectivity index (χ0n) is 13.5. The van der Waals surface area contributed by atoms with Crippen molar-refractivity contribution in [3.05, 3.63) is 12.2 Å². The predicted molar refractivity (Wildman–Crippen MR) is 92.2 cm³/mol. The van der Waals surface area contributed by atoms with E-state index >= 15 is 0 Å². The molecular weight excluding hydrogens is 274 g/mol. The summed E-state index contributed by atoms with van der Waals surface area (Å²) in [6, 6.07) is 0. The number of allylic oxidation sites excluding steroid dienone is 2. The summed E-state index contributed by atoms with van der Waals surface area (Å²) < 4.78 is 0. The Kier molecular flexibility index (Phi) is 3.26. The first-order valence-electron chi connectivity index (χ1n) is 8.97. The molecule has 1 heterocycles. The summed E-state index contributed by atoms with van der Waals surface area (Å²) in [5.74, 6) is 3.68. The van der Waals surface area contributed by atoms with Gasteiger partial charge in [0.1, 0.15) is 0 Å². The van der Waals surface area contributed by atoms with Gasteiger partial charge in [0, 0.05) is 6.54 Å². The van der Waals surface area contributed by atoms with Crippen LogP contribution in [0.15, 0.2) is 12.2 Å². The summed E-state index contributed by atoms with van der Waals surface area (Å²) in [4.78, 5) is 1.12. The smallest absolute Gasteiger partial charge is 0.0753 e. The van der Waals surface area contributed by atoms with Crippen molar-refractivity contribution in [3.63, 3.8) is 0 Å². The van der Waals surface area contributed by atoms with Crippen LogP contribution < -0.4 is 5.32 Å². The van der Waals surface area contributed by atoms with E-state index < -0.39 is 0 Å². The molecule has 116 valence electrons. The second kappa shape index (κ2) is 4.81. The fourth-order valence-corrected chi connectivity index (χ4v) is 6.64. The molecule has 6 atom stereocenters. The van der Waals surface area contributed by atoms with Crippen molar-refractivity contribution < 1.29 is 0 Å². The second-order valence-corrected chi connectivity index (χ2v) is 9.14. The minimum atomic E-state index is 0.517. The molecule has 1 N–H and O–H groups in total. The lowest BCUT2D eigenvalue weighted by Crippen LogP contribution is -2.51. The Balaban J connectivity index is 1.64. The standard InChI is InChI=1S/C19H29NS/c1-18-9-3-4-15(18)14-6-5-13-12-20-17(21)8-11-19(13,2)16(14)7-10-18/h3,9,13-16H,4-8,10-12H2,1-2H3,(H,20,21). The van der Waals surface area contributed by atoms with Gasteiger partial charge in [0.2, 0.25) is 0 Å².